The molecule has 2 saturated heterocycles. The molecular weight excluding hydrogens is 228 g/mol. The number of carbonyl (C=O) groups is 1. The van der Waals surface area contributed by atoms with E-state index in [1.54, 1.807) is 0 Å². The van der Waals surface area contributed by atoms with Gasteiger partial charge in [-0.1, -0.05) is 13.3 Å². The largest absolute Gasteiger partial charge is 0.381 e. The molecule has 2 atom stereocenters. The monoisotopic (exact) mass is 254 g/mol. The van der Waals surface area contributed by atoms with Crippen molar-refractivity contribution in [1.82, 2.24) is 10.6 Å². The highest BCUT2D eigenvalue weighted by Crippen LogP contribution is 2.25. The average molecular weight is 254 g/mol. The van der Waals surface area contributed by atoms with Gasteiger partial charge in [0.25, 0.3) is 0 Å². The van der Waals surface area contributed by atoms with E-state index < -0.39 is 0 Å². The van der Waals surface area contributed by atoms with Crippen molar-refractivity contribution < 1.29 is 9.53 Å². The predicted molar refractivity (Wildman–Crippen MR) is 71.4 cm³/mol. The molecular formula is C14H26N2O2. The van der Waals surface area contributed by atoms with Crippen LogP contribution >= 0.6 is 0 Å². The maximum atomic E-state index is 12.4. The van der Waals surface area contributed by atoms with Crippen molar-refractivity contribution in [3.8, 4) is 0 Å². The predicted octanol–water partition coefficient (Wildman–Crippen LogP) is 1.45. The summed E-state index contributed by atoms with van der Waals surface area (Å²) < 4.78 is 5.45. The lowest BCUT2D eigenvalue weighted by molar-refractivity contribution is -0.127. The number of ether oxygens (including phenoxy) is 1. The molecule has 0 aliphatic carbocycles. The molecule has 2 heterocycles. The third-order valence-electron chi connectivity index (χ3n) is 4.16. The third kappa shape index (κ3) is 3.23. The van der Waals surface area contributed by atoms with Gasteiger partial charge in [-0.25, -0.2) is 0 Å². The van der Waals surface area contributed by atoms with Crippen molar-refractivity contribution in [3.63, 3.8) is 0 Å². The Labute approximate surface area is 110 Å². The molecule has 104 valence electrons. The van der Waals surface area contributed by atoms with Gasteiger partial charge in [0.1, 0.15) is 0 Å². The second-order valence-electron chi connectivity index (χ2n) is 5.66. The van der Waals surface area contributed by atoms with Gasteiger partial charge < -0.3 is 15.4 Å². The lowest BCUT2D eigenvalue weighted by Gasteiger charge is -2.29. The Balaban J connectivity index is 1.81. The Hall–Kier alpha value is -0.610. The summed E-state index contributed by atoms with van der Waals surface area (Å²) in [7, 11) is 0. The Morgan fingerprint density at radius 2 is 2.39 bits per heavy atom. The van der Waals surface area contributed by atoms with Gasteiger partial charge in [-0.05, 0) is 44.6 Å². The van der Waals surface area contributed by atoms with E-state index in [9.17, 15) is 4.79 Å². The van der Waals surface area contributed by atoms with Crippen molar-refractivity contribution in [2.45, 2.75) is 51.0 Å². The van der Waals surface area contributed by atoms with Crippen LogP contribution in [0.3, 0.4) is 0 Å². The molecule has 0 radical (unpaired) electrons. The first kappa shape index (κ1) is 13.8. The second-order valence-corrected chi connectivity index (χ2v) is 5.66. The molecule has 2 aliphatic rings. The Bertz CT molecular complexity index is 269. The van der Waals surface area contributed by atoms with Crippen LogP contribution in [0.5, 0.6) is 0 Å². The fraction of sp³-hybridized carbons (Fsp3) is 0.929. The van der Waals surface area contributed by atoms with E-state index in [0.29, 0.717) is 5.92 Å². The molecule has 0 aromatic rings. The highest BCUT2D eigenvalue weighted by atomic mass is 16.5. The molecule has 18 heavy (non-hydrogen) atoms. The summed E-state index contributed by atoms with van der Waals surface area (Å²) in [6.07, 6.45) is 6.38. The molecule has 2 aliphatic heterocycles. The second kappa shape index (κ2) is 6.53. The van der Waals surface area contributed by atoms with Crippen molar-refractivity contribution in [2.24, 2.45) is 5.92 Å². The zero-order chi connectivity index (χ0) is 12.8. The Kier molecular flexibility index (Phi) is 5.01. The summed E-state index contributed by atoms with van der Waals surface area (Å²) in [5, 5.41) is 6.55. The van der Waals surface area contributed by atoms with Crippen molar-refractivity contribution in [2.75, 3.05) is 26.3 Å². The molecule has 4 heteroatoms. The molecule has 4 nitrogen and oxygen atoms in total. The molecule has 2 fully saturated rings. The topological polar surface area (TPSA) is 50.4 Å². The first-order chi connectivity index (χ1) is 8.77. The van der Waals surface area contributed by atoms with Crippen molar-refractivity contribution in [3.05, 3.63) is 0 Å². The van der Waals surface area contributed by atoms with Crippen LogP contribution in [0.1, 0.15) is 45.4 Å². The quantitative estimate of drug-likeness (QED) is 0.781. The van der Waals surface area contributed by atoms with E-state index >= 15 is 0 Å². The fourth-order valence-corrected chi connectivity index (χ4v) is 3.13. The van der Waals surface area contributed by atoms with Crippen LogP contribution in [0.15, 0.2) is 0 Å². The maximum Gasteiger partial charge on any atom is 0.240 e. The summed E-state index contributed by atoms with van der Waals surface area (Å²) >= 11 is 0. The van der Waals surface area contributed by atoms with Gasteiger partial charge in [0.15, 0.2) is 0 Å². The summed E-state index contributed by atoms with van der Waals surface area (Å²) in [4.78, 5) is 12.4. The summed E-state index contributed by atoms with van der Waals surface area (Å²) in [5.74, 6) is 0.704. The minimum absolute atomic E-state index is 0.201. The SMILES string of the molecule is CCCC1(C(=O)NCC2CCCOC2)CCCN1. The van der Waals surface area contributed by atoms with Crippen molar-refractivity contribution in [1.29, 1.82) is 0 Å². The summed E-state index contributed by atoms with van der Waals surface area (Å²) in [6, 6.07) is 0. The van der Waals surface area contributed by atoms with Crippen LogP contribution in [-0.4, -0.2) is 37.7 Å². The number of hydrogen-bond donors (Lipinski definition) is 2. The van der Waals surface area contributed by atoms with Gasteiger partial charge in [-0.3, -0.25) is 4.79 Å². The number of amides is 1. The van der Waals surface area contributed by atoms with E-state index in [-0.39, 0.29) is 11.4 Å². The van der Waals surface area contributed by atoms with E-state index in [2.05, 4.69) is 17.6 Å². The summed E-state index contributed by atoms with van der Waals surface area (Å²) in [5.41, 5.74) is -0.287. The number of hydrogen-bond acceptors (Lipinski definition) is 3. The van der Waals surface area contributed by atoms with Crippen LogP contribution in [0, 0.1) is 5.92 Å². The van der Waals surface area contributed by atoms with Gasteiger partial charge in [0, 0.05) is 13.2 Å². The molecule has 0 saturated carbocycles. The summed E-state index contributed by atoms with van der Waals surface area (Å²) in [6.45, 7) is 5.57. The van der Waals surface area contributed by atoms with Gasteiger partial charge >= 0.3 is 0 Å². The van der Waals surface area contributed by atoms with Crippen molar-refractivity contribution >= 4 is 5.91 Å². The van der Waals surface area contributed by atoms with E-state index in [1.807, 2.05) is 0 Å². The van der Waals surface area contributed by atoms with Gasteiger partial charge in [-0.2, -0.15) is 0 Å². The zero-order valence-corrected chi connectivity index (χ0v) is 11.5. The van der Waals surface area contributed by atoms with E-state index in [1.165, 1.54) is 6.42 Å². The number of nitrogens with one attached hydrogen (secondary N) is 2. The average Bonchev–Trinajstić information content (AvgIpc) is 2.87. The van der Waals surface area contributed by atoms with Gasteiger partial charge in [0.2, 0.25) is 5.91 Å². The highest BCUT2D eigenvalue weighted by molar-refractivity contribution is 5.86. The normalized spacial score (nSPS) is 32.4. The molecule has 2 rings (SSSR count). The van der Waals surface area contributed by atoms with Crippen LogP contribution in [0.25, 0.3) is 0 Å². The molecule has 2 unspecified atom stereocenters. The molecule has 0 spiro atoms. The van der Waals surface area contributed by atoms with Crippen LogP contribution < -0.4 is 10.6 Å². The molecule has 0 aromatic heterocycles. The fourth-order valence-electron chi connectivity index (χ4n) is 3.13. The Morgan fingerprint density at radius 3 is 3.00 bits per heavy atom. The smallest absolute Gasteiger partial charge is 0.240 e. The standard InChI is InChI=1S/C14H26N2O2/c1-2-6-14(7-4-8-16-14)13(17)15-10-12-5-3-9-18-11-12/h12,16H,2-11H2,1H3,(H,15,17). The van der Waals surface area contributed by atoms with Crippen LogP contribution in [0.2, 0.25) is 0 Å². The maximum absolute atomic E-state index is 12.4. The lowest BCUT2D eigenvalue weighted by Crippen LogP contribution is -2.54. The minimum atomic E-state index is -0.287. The zero-order valence-electron chi connectivity index (χ0n) is 11.5. The Morgan fingerprint density at radius 1 is 1.50 bits per heavy atom. The van der Waals surface area contributed by atoms with E-state index in [0.717, 1.165) is 58.4 Å². The lowest BCUT2D eigenvalue weighted by atomic mass is 9.90. The highest BCUT2D eigenvalue weighted by Gasteiger charge is 2.39. The first-order valence-corrected chi connectivity index (χ1v) is 7.38. The first-order valence-electron chi connectivity index (χ1n) is 7.38. The third-order valence-corrected chi connectivity index (χ3v) is 4.16. The molecule has 0 bridgehead atoms. The van der Waals surface area contributed by atoms with Crippen LogP contribution in [-0.2, 0) is 9.53 Å². The number of carbonyl (C=O) groups excluding carboxylic acids is 1. The molecule has 2 N–H and O–H groups in total. The van der Waals surface area contributed by atoms with Crippen LogP contribution in [0.4, 0.5) is 0 Å². The minimum Gasteiger partial charge on any atom is -0.381 e. The molecule has 0 aromatic carbocycles. The van der Waals surface area contributed by atoms with Gasteiger partial charge in [-0.15, -0.1) is 0 Å². The van der Waals surface area contributed by atoms with E-state index in [4.69, 9.17) is 4.74 Å². The molecule has 1 amide bonds. The number of rotatable bonds is 5. The van der Waals surface area contributed by atoms with Gasteiger partial charge in [0.05, 0.1) is 12.1 Å².